The molecule has 2 aromatic rings. The highest BCUT2D eigenvalue weighted by Gasteiger charge is 2.20. The molecule has 2 rings (SSSR count). The molecule has 2 aromatic heterocycles. The Morgan fingerprint density at radius 2 is 2.21 bits per heavy atom. The second kappa shape index (κ2) is 6.76. The van der Waals surface area contributed by atoms with Gasteiger partial charge in [0.1, 0.15) is 17.3 Å². The smallest absolute Gasteiger partial charge is 0.278 e. The lowest BCUT2D eigenvalue weighted by Gasteiger charge is -2.18. The molecule has 2 heterocycles. The van der Waals surface area contributed by atoms with Gasteiger partial charge in [-0.2, -0.15) is 0 Å². The van der Waals surface area contributed by atoms with Gasteiger partial charge in [0.05, 0.1) is 12.2 Å². The Bertz CT molecular complexity index is 894. The van der Waals surface area contributed by atoms with E-state index in [1.807, 2.05) is 6.92 Å². The number of aliphatic imine (C=N–C) groups is 1. The van der Waals surface area contributed by atoms with E-state index in [1.54, 1.807) is 36.8 Å². The van der Waals surface area contributed by atoms with Crippen LogP contribution in [0.2, 0.25) is 0 Å². The molecule has 0 bridgehead atoms. The first-order valence-corrected chi connectivity index (χ1v) is 7.47. The molecule has 0 aliphatic carbocycles. The lowest BCUT2D eigenvalue weighted by Crippen LogP contribution is -2.28. The SMILES string of the molecule is C=CCn1c(=O)c2cncnc2n1C(/C=C\C)=N/C(=C)C(C)(C)O. The molecule has 0 radical (unpaired) electrons. The van der Waals surface area contributed by atoms with E-state index in [4.69, 9.17) is 0 Å². The number of aromatic nitrogens is 4. The summed E-state index contributed by atoms with van der Waals surface area (Å²) < 4.78 is 3.04. The van der Waals surface area contributed by atoms with Crippen molar-refractivity contribution in [2.24, 2.45) is 4.99 Å². The van der Waals surface area contributed by atoms with Crippen LogP contribution in [0.15, 0.2) is 59.4 Å². The van der Waals surface area contributed by atoms with Gasteiger partial charge in [-0.1, -0.05) is 18.7 Å². The maximum absolute atomic E-state index is 12.6. The van der Waals surface area contributed by atoms with Crippen LogP contribution in [0.5, 0.6) is 0 Å². The van der Waals surface area contributed by atoms with Crippen molar-refractivity contribution in [2.45, 2.75) is 32.9 Å². The summed E-state index contributed by atoms with van der Waals surface area (Å²) in [5.74, 6) is 0.414. The minimum Gasteiger partial charge on any atom is -0.384 e. The van der Waals surface area contributed by atoms with Gasteiger partial charge in [-0.25, -0.2) is 24.3 Å². The van der Waals surface area contributed by atoms with Gasteiger partial charge in [0.25, 0.3) is 5.56 Å². The first-order chi connectivity index (χ1) is 11.3. The van der Waals surface area contributed by atoms with Crippen molar-refractivity contribution < 1.29 is 5.11 Å². The molecule has 1 N–H and O–H groups in total. The van der Waals surface area contributed by atoms with Crippen molar-refractivity contribution in [2.75, 3.05) is 0 Å². The molecule has 0 unspecified atom stereocenters. The van der Waals surface area contributed by atoms with Gasteiger partial charge in [0.15, 0.2) is 11.5 Å². The van der Waals surface area contributed by atoms with Crippen LogP contribution in [0, 0.1) is 0 Å². The fraction of sp³-hybridized carbons (Fsp3) is 0.294. The normalized spacial score (nSPS) is 12.9. The fourth-order valence-corrected chi connectivity index (χ4v) is 2.09. The first kappa shape index (κ1) is 17.6. The molecule has 7 nitrogen and oxygen atoms in total. The highest BCUT2D eigenvalue weighted by atomic mass is 16.3. The van der Waals surface area contributed by atoms with Crippen LogP contribution in [0.25, 0.3) is 11.0 Å². The van der Waals surface area contributed by atoms with Crippen LogP contribution in [0.3, 0.4) is 0 Å². The van der Waals surface area contributed by atoms with Crippen molar-refractivity contribution in [3.63, 3.8) is 0 Å². The van der Waals surface area contributed by atoms with Gasteiger partial charge in [-0.15, -0.1) is 6.58 Å². The van der Waals surface area contributed by atoms with E-state index in [9.17, 15) is 9.90 Å². The largest absolute Gasteiger partial charge is 0.384 e. The van der Waals surface area contributed by atoms with Gasteiger partial charge < -0.3 is 5.11 Å². The highest BCUT2D eigenvalue weighted by Crippen LogP contribution is 2.16. The summed E-state index contributed by atoms with van der Waals surface area (Å²) in [6.07, 6.45) is 7.96. The Morgan fingerprint density at radius 1 is 1.50 bits per heavy atom. The molecule has 0 spiro atoms. The van der Waals surface area contributed by atoms with Crippen LogP contribution < -0.4 is 5.56 Å². The molecule has 7 heteroatoms. The molecule has 0 saturated carbocycles. The topological polar surface area (TPSA) is 85.3 Å². The number of hydrogen-bond donors (Lipinski definition) is 1. The molecular weight excluding hydrogens is 306 g/mol. The Labute approximate surface area is 140 Å². The van der Waals surface area contributed by atoms with Crippen LogP contribution in [-0.4, -0.2) is 35.9 Å². The highest BCUT2D eigenvalue weighted by molar-refractivity contribution is 5.99. The van der Waals surface area contributed by atoms with Crippen molar-refractivity contribution >= 4 is 16.9 Å². The lowest BCUT2D eigenvalue weighted by atomic mass is 10.1. The molecule has 0 aromatic carbocycles. The van der Waals surface area contributed by atoms with Crippen LogP contribution in [0.4, 0.5) is 0 Å². The number of aliphatic hydroxyl groups is 1. The van der Waals surface area contributed by atoms with Crippen molar-refractivity contribution in [3.8, 4) is 0 Å². The number of nitrogens with zero attached hydrogens (tertiary/aromatic N) is 5. The second-order valence-electron chi connectivity index (χ2n) is 5.72. The van der Waals surface area contributed by atoms with E-state index in [2.05, 4.69) is 28.1 Å². The van der Waals surface area contributed by atoms with Crippen LogP contribution in [-0.2, 0) is 6.54 Å². The predicted molar refractivity (Wildman–Crippen MR) is 95.1 cm³/mol. The number of rotatable bonds is 5. The summed E-state index contributed by atoms with van der Waals surface area (Å²) in [6, 6.07) is 0. The Morgan fingerprint density at radius 3 is 2.79 bits per heavy atom. The molecule has 126 valence electrons. The number of allylic oxidation sites excluding steroid dienone is 3. The van der Waals surface area contributed by atoms with E-state index in [0.29, 0.717) is 16.9 Å². The molecule has 24 heavy (non-hydrogen) atoms. The summed E-state index contributed by atoms with van der Waals surface area (Å²) >= 11 is 0. The quantitative estimate of drug-likeness (QED) is 0.516. The van der Waals surface area contributed by atoms with Gasteiger partial charge in [-0.3, -0.25) is 4.79 Å². The third-order valence-corrected chi connectivity index (χ3v) is 3.39. The van der Waals surface area contributed by atoms with E-state index in [0.717, 1.165) is 0 Å². The lowest BCUT2D eigenvalue weighted by molar-refractivity contribution is 0.119. The van der Waals surface area contributed by atoms with Crippen molar-refractivity contribution in [1.29, 1.82) is 0 Å². The maximum Gasteiger partial charge on any atom is 0.278 e. The van der Waals surface area contributed by atoms with Crippen molar-refractivity contribution in [3.05, 3.63) is 60.0 Å². The summed E-state index contributed by atoms with van der Waals surface area (Å²) in [6.45, 7) is 12.8. The van der Waals surface area contributed by atoms with Crippen molar-refractivity contribution in [1.82, 2.24) is 19.3 Å². The third kappa shape index (κ3) is 3.26. The fourth-order valence-electron chi connectivity index (χ4n) is 2.09. The zero-order valence-corrected chi connectivity index (χ0v) is 14.1. The second-order valence-corrected chi connectivity index (χ2v) is 5.72. The summed E-state index contributed by atoms with van der Waals surface area (Å²) in [5.41, 5.74) is -0.730. The molecular formula is C17H21N5O2. The molecule has 0 fully saturated rings. The Balaban J connectivity index is 2.82. The standard InChI is InChI=1S/C17H21N5O2/c1-6-8-14(20-12(3)17(4,5)24)22-15-13(10-18-11-19-15)16(23)21(22)9-7-2/h6-8,10-11,24H,2-3,9H2,1,4-5H3/b8-6-,20-14+. The molecule has 0 aliphatic rings. The number of fused-ring (bicyclic) bond motifs is 1. The zero-order valence-electron chi connectivity index (χ0n) is 14.1. The summed E-state index contributed by atoms with van der Waals surface area (Å²) in [4.78, 5) is 25.1. The van der Waals surface area contributed by atoms with E-state index >= 15 is 0 Å². The third-order valence-electron chi connectivity index (χ3n) is 3.39. The van der Waals surface area contributed by atoms with Crippen LogP contribution >= 0.6 is 0 Å². The predicted octanol–water partition coefficient (Wildman–Crippen LogP) is 1.89. The van der Waals surface area contributed by atoms with Gasteiger partial charge in [0, 0.05) is 6.20 Å². The van der Waals surface area contributed by atoms with Gasteiger partial charge >= 0.3 is 0 Å². The maximum atomic E-state index is 12.6. The Hall–Kier alpha value is -2.80. The summed E-state index contributed by atoms with van der Waals surface area (Å²) in [5, 5.41) is 10.5. The minimum absolute atomic E-state index is 0.239. The first-order valence-electron chi connectivity index (χ1n) is 7.47. The average molecular weight is 327 g/mol. The zero-order chi connectivity index (χ0) is 17.9. The van der Waals surface area contributed by atoms with E-state index in [-0.39, 0.29) is 17.8 Å². The minimum atomic E-state index is -1.19. The monoisotopic (exact) mass is 327 g/mol. The summed E-state index contributed by atoms with van der Waals surface area (Å²) in [7, 11) is 0. The van der Waals surface area contributed by atoms with E-state index in [1.165, 1.54) is 17.2 Å². The molecule has 0 aliphatic heterocycles. The van der Waals surface area contributed by atoms with Gasteiger partial charge in [0.2, 0.25) is 0 Å². The number of hydrogen-bond acceptors (Lipinski definition) is 5. The molecule has 0 atom stereocenters. The Kier molecular flexibility index (Phi) is 4.94. The van der Waals surface area contributed by atoms with Gasteiger partial charge in [-0.05, 0) is 26.8 Å². The molecule has 0 saturated heterocycles. The molecule has 0 amide bonds. The average Bonchev–Trinajstić information content (AvgIpc) is 2.79. The van der Waals surface area contributed by atoms with E-state index < -0.39 is 5.60 Å². The van der Waals surface area contributed by atoms with Crippen LogP contribution in [0.1, 0.15) is 20.8 Å².